The number of likely N-dealkylation sites (N-methyl/N-ethyl adjacent to an activating group) is 1. The number of methoxy groups -OCH3 is 1. The molecule has 2 rings (SSSR count). The Balaban J connectivity index is 2.23. The van der Waals surface area contributed by atoms with E-state index in [1.807, 2.05) is 14.1 Å². The molecule has 1 aromatic heterocycles. The second-order valence-electron chi connectivity index (χ2n) is 5.25. The van der Waals surface area contributed by atoms with Crippen LogP contribution in [0.4, 0.5) is 0 Å². The number of halogens is 1. The Morgan fingerprint density at radius 2 is 2.26 bits per heavy atom. The average molecular weight is 330 g/mol. The minimum absolute atomic E-state index is 0.0457. The molecule has 5 nitrogen and oxygen atoms in total. The molecular formula is C13H20BrN3O2. The van der Waals surface area contributed by atoms with Crippen LogP contribution in [0.25, 0.3) is 0 Å². The topological polar surface area (TPSA) is 47.4 Å². The van der Waals surface area contributed by atoms with Gasteiger partial charge in [-0.2, -0.15) is 5.10 Å². The summed E-state index contributed by atoms with van der Waals surface area (Å²) in [6, 6.07) is 0. The zero-order valence-electron chi connectivity index (χ0n) is 11.6. The van der Waals surface area contributed by atoms with E-state index in [9.17, 15) is 4.79 Å². The summed E-state index contributed by atoms with van der Waals surface area (Å²) >= 11 is 3.43. The first-order valence-corrected chi connectivity index (χ1v) is 7.25. The molecule has 0 radical (unpaired) electrons. The lowest BCUT2D eigenvalue weighted by Gasteiger charge is -2.38. The van der Waals surface area contributed by atoms with E-state index in [0.29, 0.717) is 12.2 Å². The Hall–Kier alpha value is -0.720. The fourth-order valence-electron chi connectivity index (χ4n) is 2.29. The van der Waals surface area contributed by atoms with Crippen LogP contribution in [0.2, 0.25) is 0 Å². The molecule has 0 amide bonds. The second-order valence-corrected chi connectivity index (χ2v) is 6.10. The van der Waals surface area contributed by atoms with Gasteiger partial charge in [0.15, 0.2) is 0 Å². The lowest BCUT2D eigenvalue weighted by atomic mass is 9.76. The maximum Gasteiger partial charge on any atom is 0.213 e. The third-order valence-corrected chi connectivity index (χ3v) is 4.31. The van der Waals surface area contributed by atoms with Gasteiger partial charge in [0, 0.05) is 13.7 Å². The molecule has 0 unspecified atom stereocenters. The van der Waals surface area contributed by atoms with Crippen LogP contribution < -0.4 is 0 Å². The van der Waals surface area contributed by atoms with Gasteiger partial charge in [0.1, 0.15) is 11.3 Å². The maximum atomic E-state index is 12.7. The molecule has 0 spiro atoms. The summed E-state index contributed by atoms with van der Waals surface area (Å²) < 4.78 is 7.99. The number of rotatable bonds is 6. The summed E-state index contributed by atoms with van der Waals surface area (Å²) in [5, 5.41) is 4.28. The lowest BCUT2D eigenvalue weighted by Crippen LogP contribution is -2.48. The van der Waals surface area contributed by atoms with Crippen molar-refractivity contribution in [2.24, 2.45) is 0 Å². The van der Waals surface area contributed by atoms with Crippen LogP contribution in [0.1, 0.15) is 29.8 Å². The largest absolute Gasteiger partial charge is 0.370 e. The zero-order valence-corrected chi connectivity index (χ0v) is 13.2. The summed E-state index contributed by atoms with van der Waals surface area (Å²) in [6.45, 7) is 1.54. The molecule has 106 valence electrons. The van der Waals surface area contributed by atoms with E-state index in [1.165, 1.54) is 0 Å². The van der Waals surface area contributed by atoms with Crippen LogP contribution in [0.15, 0.2) is 10.7 Å². The molecule has 1 fully saturated rings. The van der Waals surface area contributed by atoms with Crippen molar-refractivity contribution in [3.05, 3.63) is 16.4 Å². The number of nitrogens with zero attached hydrogens (tertiary/aromatic N) is 3. The highest BCUT2D eigenvalue weighted by Gasteiger charge is 2.46. The van der Waals surface area contributed by atoms with Crippen LogP contribution in [0, 0.1) is 0 Å². The van der Waals surface area contributed by atoms with Crippen molar-refractivity contribution in [3.8, 4) is 0 Å². The fourth-order valence-corrected chi connectivity index (χ4v) is 2.77. The van der Waals surface area contributed by atoms with Gasteiger partial charge in [-0.1, -0.05) is 0 Å². The van der Waals surface area contributed by atoms with Gasteiger partial charge in [-0.05, 0) is 49.3 Å². The standard InChI is InChI=1S/C13H20BrN3O2/c1-16(2)7-8-17-11(10(14)9-15-17)12(18)13(19-3)5-4-6-13/h9H,4-8H2,1-3H3. The number of hydrogen-bond donors (Lipinski definition) is 0. The van der Waals surface area contributed by atoms with Gasteiger partial charge in [-0.3, -0.25) is 9.48 Å². The molecule has 19 heavy (non-hydrogen) atoms. The van der Waals surface area contributed by atoms with Gasteiger partial charge < -0.3 is 9.64 Å². The van der Waals surface area contributed by atoms with Crippen molar-refractivity contribution in [2.45, 2.75) is 31.4 Å². The first kappa shape index (κ1) is 14.7. The summed E-state index contributed by atoms with van der Waals surface area (Å²) in [7, 11) is 5.62. The monoisotopic (exact) mass is 329 g/mol. The van der Waals surface area contributed by atoms with Crippen LogP contribution in [-0.2, 0) is 11.3 Å². The first-order valence-electron chi connectivity index (χ1n) is 6.46. The number of hydrogen-bond acceptors (Lipinski definition) is 4. The molecule has 1 aromatic rings. The Morgan fingerprint density at radius 3 is 2.74 bits per heavy atom. The number of ketones is 1. The third kappa shape index (κ3) is 2.75. The van der Waals surface area contributed by atoms with Crippen molar-refractivity contribution < 1.29 is 9.53 Å². The minimum atomic E-state index is -0.627. The Bertz CT molecular complexity index is 461. The van der Waals surface area contributed by atoms with E-state index in [1.54, 1.807) is 18.0 Å². The van der Waals surface area contributed by atoms with Gasteiger partial charge in [0.05, 0.1) is 17.2 Å². The lowest BCUT2D eigenvalue weighted by molar-refractivity contribution is -0.0455. The molecule has 6 heteroatoms. The van der Waals surface area contributed by atoms with Gasteiger partial charge in [-0.25, -0.2) is 0 Å². The van der Waals surface area contributed by atoms with Crippen molar-refractivity contribution >= 4 is 21.7 Å². The zero-order chi connectivity index (χ0) is 14.0. The van der Waals surface area contributed by atoms with E-state index in [0.717, 1.165) is 30.3 Å². The molecule has 1 saturated carbocycles. The van der Waals surface area contributed by atoms with Gasteiger partial charge in [0.25, 0.3) is 0 Å². The molecular weight excluding hydrogens is 310 g/mol. The van der Waals surface area contributed by atoms with Crippen molar-refractivity contribution in [2.75, 3.05) is 27.7 Å². The van der Waals surface area contributed by atoms with Crippen molar-refractivity contribution in [1.82, 2.24) is 14.7 Å². The Labute approximate surface area is 122 Å². The highest BCUT2D eigenvalue weighted by molar-refractivity contribution is 9.10. The van der Waals surface area contributed by atoms with E-state index >= 15 is 0 Å². The predicted octanol–water partition coefficient (Wildman–Crippen LogP) is 1.96. The molecule has 0 bridgehead atoms. The first-order chi connectivity index (χ1) is 9.00. The number of carbonyl (C=O) groups excluding carboxylic acids is 1. The minimum Gasteiger partial charge on any atom is -0.370 e. The highest BCUT2D eigenvalue weighted by atomic mass is 79.9. The molecule has 0 aromatic carbocycles. The highest BCUT2D eigenvalue weighted by Crippen LogP contribution is 2.39. The van der Waals surface area contributed by atoms with E-state index in [-0.39, 0.29) is 5.78 Å². The van der Waals surface area contributed by atoms with Gasteiger partial charge in [-0.15, -0.1) is 0 Å². The number of ether oxygens (including phenoxy) is 1. The number of carbonyl (C=O) groups is 1. The second kappa shape index (κ2) is 5.73. The number of Topliss-reactive ketones (excluding diaryl/α,β-unsaturated/α-hetero) is 1. The SMILES string of the molecule is COC1(C(=O)c2c(Br)cnn2CCN(C)C)CCC1. The molecule has 0 N–H and O–H groups in total. The maximum absolute atomic E-state index is 12.7. The molecule has 1 aliphatic carbocycles. The van der Waals surface area contributed by atoms with E-state index in [2.05, 4.69) is 25.9 Å². The molecule has 0 saturated heterocycles. The summed E-state index contributed by atoms with van der Waals surface area (Å²) in [5.41, 5.74) is 0.00158. The van der Waals surface area contributed by atoms with Gasteiger partial charge >= 0.3 is 0 Å². The average Bonchev–Trinajstić information content (AvgIpc) is 2.67. The molecule has 0 atom stereocenters. The molecule has 1 aliphatic rings. The van der Waals surface area contributed by atoms with Crippen molar-refractivity contribution in [3.63, 3.8) is 0 Å². The Kier molecular flexibility index (Phi) is 4.43. The summed E-state index contributed by atoms with van der Waals surface area (Å²) in [4.78, 5) is 14.8. The molecule has 1 heterocycles. The van der Waals surface area contributed by atoms with Gasteiger partial charge in [0.2, 0.25) is 5.78 Å². The fraction of sp³-hybridized carbons (Fsp3) is 0.692. The van der Waals surface area contributed by atoms with Crippen LogP contribution in [0.3, 0.4) is 0 Å². The number of aromatic nitrogens is 2. The van der Waals surface area contributed by atoms with Crippen molar-refractivity contribution in [1.29, 1.82) is 0 Å². The van der Waals surface area contributed by atoms with Crippen LogP contribution in [0.5, 0.6) is 0 Å². The van der Waals surface area contributed by atoms with E-state index < -0.39 is 5.60 Å². The third-order valence-electron chi connectivity index (χ3n) is 3.73. The smallest absolute Gasteiger partial charge is 0.213 e. The predicted molar refractivity (Wildman–Crippen MR) is 76.4 cm³/mol. The summed E-state index contributed by atoms with van der Waals surface area (Å²) in [6.07, 6.45) is 4.33. The normalized spacial score (nSPS) is 17.5. The summed E-state index contributed by atoms with van der Waals surface area (Å²) in [5.74, 6) is 0.0457. The van der Waals surface area contributed by atoms with Crippen LogP contribution in [-0.4, -0.2) is 53.8 Å². The Morgan fingerprint density at radius 1 is 1.58 bits per heavy atom. The van der Waals surface area contributed by atoms with E-state index in [4.69, 9.17) is 4.74 Å². The van der Waals surface area contributed by atoms with Crippen LogP contribution >= 0.6 is 15.9 Å². The molecule has 0 aliphatic heterocycles. The quantitative estimate of drug-likeness (QED) is 0.748.